The fourth-order valence-electron chi connectivity index (χ4n) is 3.41. The van der Waals surface area contributed by atoms with Gasteiger partial charge in [0, 0.05) is 23.6 Å². The number of hydrogen-bond acceptors (Lipinski definition) is 7. The Balaban J connectivity index is 1.43. The molecule has 4 rings (SSSR count). The molecule has 0 unspecified atom stereocenters. The molecule has 0 bridgehead atoms. The first-order chi connectivity index (χ1) is 16.2. The molecule has 0 spiro atoms. The third-order valence-electron chi connectivity index (χ3n) is 5.40. The number of rotatable bonds is 7. The van der Waals surface area contributed by atoms with Gasteiger partial charge in [0.15, 0.2) is 5.13 Å². The van der Waals surface area contributed by atoms with Crippen molar-refractivity contribution in [3.05, 3.63) is 70.7 Å². The number of carbonyl (C=O) groups excluding carboxylic acids is 1. The highest BCUT2D eigenvalue weighted by Gasteiger charge is 2.19. The Hall–Kier alpha value is -2.97. The van der Waals surface area contributed by atoms with E-state index in [2.05, 4.69) is 55.0 Å². The zero-order chi connectivity index (χ0) is 24.3. The fourth-order valence-corrected chi connectivity index (χ4v) is 5.05. The van der Waals surface area contributed by atoms with Gasteiger partial charge in [-0.25, -0.2) is 4.98 Å². The number of benzene rings is 2. The molecule has 4 aromatic rings. The molecular formula is C26H28N4O2S2. The molecule has 0 aliphatic carbocycles. The maximum Gasteiger partial charge on any atom is 0.277 e. The van der Waals surface area contributed by atoms with Gasteiger partial charge in [-0.2, -0.15) is 0 Å². The van der Waals surface area contributed by atoms with E-state index >= 15 is 0 Å². The van der Waals surface area contributed by atoms with Crippen LogP contribution < -0.4 is 4.90 Å². The van der Waals surface area contributed by atoms with Crippen molar-refractivity contribution in [3.8, 4) is 11.5 Å². The zero-order valence-corrected chi connectivity index (χ0v) is 21.7. The number of aryl methyl sites for hydroxylation is 1. The number of nitrogens with zero attached hydrogens (tertiary/aromatic N) is 4. The van der Waals surface area contributed by atoms with Gasteiger partial charge in [0.05, 0.1) is 11.4 Å². The van der Waals surface area contributed by atoms with Gasteiger partial charge in [-0.3, -0.25) is 9.69 Å². The van der Waals surface area contributed by atoms with Gasteiger partial charge < -0.3 is 4.42 Å². The Labute approximate surface area is 208 Å². The molecule has 0 saturated heterocycles. The van der Waals surface area contributed by atoms with Gasteiger partial charge in [-0.1, -0.05) is 63.7 Å². The van der Waals surface area contributed by atoms with Gasteiger partial charge in [0.2, 0.25) is 11.8 Å². The highest BCUT2D eigenvalue weighted by Crippen LogP contribution is 2.32. The largest absolute Gasteiger partial charge is 0.411 e. The first-order valence-corrected chi connectivity index (χ1v) is 13.0. The Morgan fingerprint density at radius 1 is 1.06 bits per heavy atom. The molecule has 0 radical (unpaired) electrons. The molecule has 2 aromatic carbocycles. The number of carbonyl (C=O) groups is 1. The van der Waals surface area contributed by atoms with Crippen molar-refractivity contribution in [2.45, 2.75) is 57.4 Å². The van der Waals surface area contributed by atoms with Crippen molar-refractivity contribution in [1.29, 1.82) is 0 Å². The molecule has 0 N–H and O–H groups in total. The van der Waals surface area contributed by atoms with Crippen LogP contribution in [0.5, 0.6) is 0 Å². The molecule has 2 heterocycles. The third-order valence-corrected chi connectivity index (χ3v) is 7.12. The lowest BCUT2D eigenvalue weighted by Crippen LogP contribution is -2.22. The van der Waals surface area contributed by atoms with Crippen molar-refractivity contribution < 1.29 is 9.21 Å². The number of amides is 1. The highest BCUT2D eigenvalue weighted by molar-refractivity contribution is 7.98. The predicted octanol–water partition coefficient (Wildman–Crippen LogP) is 7.03. The third kappa shape index (κ3) is 5.56. The molecule has 176 valence electrons. The monoisotopic (exact) mass is 492 g/mol. The predicted molar refractivity (Wildman–Crippen MR) is 139 cm³/mol. The average Bonchev–Trinajstić information content (AvgIpc) is 3.47. The summed E-state index contributed by atoms with van der Waals surface area (Å²) in [6.07, 6.45) is 0.957. The summed E-state index contributed by atoms with van der Waals surface area (Å²) in [6, 6.07) is 16.2. The van der Waals surface area contributed by atoms with Crippen LogP contribution in [0, 0.1) is 0 Å². The minimum atomic E-state index is -0.0724. The van der Waals surface area contributed by atoms with E-state index in [1.807, 2.05) is 41.8 Å². The van der Waals surface area contributed by atoms with E-state index in [0.717, 1.165) is 23.4 Å². The van der Waals surface area contributed by atoms with E-state index < -0.39 is 0 Å². The molecule has 6 nitrogen and oxygen atoms in total. The standard InChI is InChI=1S/C26H28N4O2S2/c1-6-18-7-13-22(14-8-18)30(17(2)31)24-27-21(15-33-24)16-34-25-29-28-23(32-25)19-9-11-20(12-10-19)26(3,4)5/h7-15H,6,16H2,1-5H3. The van der Waals surface area contributed by atoms with Crippen molar-refractivity contribution in [2.75, 3.05) is 4.90 Å². The van der Waals surface area contributed by atoms with Crippen LogP contribution in [0.25, 0.3) is 11.5 Å². The van der Waals surface area contributed by atoms with E-state index in [1.165, 1.54) is 34.2 Å². The highest BCUT2D eigenvalue weighted by atomic mass is 32.2. The lowest BCUT2D eigenvalue weighted by molar-refractivity contribution is -0.115. The molecule has 34 heavy (non-hydrogen) atoms. The smallest absolute Gasteiger partial charge is 0.277 e. The molecule has 1 amide bonds. The topological polar surface area (TPSA) is 72.1 Å². The second-order valence-corrected chi connectivity index (χ2v) is 10.7. The van der Waals surface area contributed by atoms with Crippen LogP contribution in [0.15, 0.2) is 63.6 Å². The second kappa shape index (κ2) is 10.1. The maximum atomic E-state index is 12.4. The molecule has 0 saturated carbocycles. The minimum absolute atomic E-state index is 0.0724. The van der Waals surface area contributed by atoms with Crippen LogP contribution in [-0.4, -0.2) is 21.1 Å². The van der Waals surface area contributed by atoms with Gasteiger partial charge in [-0.05, 0) is 47.2 Å². The number of thiazole rings is 1. The van der Waals surface area contributed by atoms with Crippen LogP contribution in [-0.2, 0) is 22.4 Å². The number of aromatic nitrogens is 3. The van der Waals surface area contributed by atoms with E-state index in [0.29, 0.717) is 22.0 Å². The Morgan fingerprint density at radius 2 is 1.76 bits per heavy atom. The minimum Gasteiger partial charge on any atom is -0.411 e. The first kappa shape index (κ1) is 24.2. The van der Waals surface area contributed by atoms with E-state index in [4.69, 9.17) is 4.42 Å². The van der Waals surface area contributed by atoms with Gasteiger partial charge in [-0.15, -0.1) is 21.5 Å². The molecule has 0 atom stereocenters. The Morgan fingerprint density at radius 3 is 2.38 bits per heavy atom. The molecule has 0 aliphatic heterocycles. The van der Waals surface area contributed by atoms with Crippen molar-refractivity contribution in [3.63, 3.8) is 0 Å². The summed E-state index contributed by atoms with van der Waals surface area (Å²) in [4.78, 5) is 18.7. The van der Waals surface area contributed by atoms with Gasteiger partial charge in [0.1, 0.15) is 0 Å². The van der Waals surface area contributed by atoms with Crippen LogP contribution in [0.1, 0.15) is 51.4 Å². The normalized spacial score (nSPS) is 11.6. The number of anilines is 2. The van der Waals surface area contributed by atoms with Crippen LogP contribution in [0.2, 0.25) is 0 Å². The maximum absolute atomic E-state index is 12.4. The Kier molecular flexibility index (Phi) is 7.19. The van der Waals surface area contributed by atoms with Crippen molar-refractivity contribution in [1.82, 2.24) is 15.2 Å². The lowest BCUT2D eigenvalue weighted by Gasteiger charge is -2.18. The molecular weight excluding hydrogens is 464 g/mol. The summed E-state index contributed by atoms with van der Waals surface area (Å²) in [5, 5.41) is 11.5. The fraction of sp³-hybridized carbons (Fsp3) is 0.308. The van der Waals surface area contributed by atoms with Crippen LogP contribution in [0.4, 0.5) is 10.8 Å². The molecule has 0 aliphatic rings. The van der Waals surface area contributed by atoms with Gasteiger partial charge in [0.25, 0.3) is 5.22 Å². The molecule has 8 heteroatoms. The summed E-state index contributed by atoms with van der Waals surface area (Å²) < 4.78 is 5.85. The van der Waals surface area contributed by atoms with E-state index in [1.54, 1.807) is 11.8 Å². The summed E-state index contributed by atoms with van der Waals surface area (Å²) >= 11 is 2.88. The van der Waals surface area contributed by atoms with E-state index in [9.17, 15) is 4.79 Å². The number of hydrogen-bond donors (Lipinski definition) is 0. The summed E-state index contributed by atoms with van der Waals surface area (Å²) in [5.74, 6) is 0.999. The number of thioether (sulfide) groups is 1. The van der Waals surface area contributed by atoms with Crippen LogP contribution in [0.3, 0.4) is 0 Å². The van der Waals surface area contributed by atoms with Crippen molar-refractivity contribution in [2.24, 2.45) is 0 Å². The SMILES string of the molecule is CCc1ccc(N(C(C)=O)c2nc(CSc3nnc(-c4ccc(C(C)(C)C)cc4)o3)cs2)cc1. The lowest BCUT2D eigenvalue weighted by atomic mass is 9.87. The second-order valence-electron chi connectivity index (χ2n) is 8.98. The summed E-state index contributed by atoms with van der Waals surface area (Å²) in [5.41, 5.74) is 5.15. The quantitative estimate of drug-likeness (QED) is 0.258. The summed E-state index contributed by atoms with van der Waals surface area (Å²) in [6.45, 7) is 10.2. The molecule has 0 fully saturated rings. The van der Waals surface area contributed by atoms with Crippen LogP contribution >= 0.6 is 23.1 Å². The summed E-state index contributed by atoms with van der Waals surface area (Å²) in [7, 11) is 0. The zero-order valence-electron chi connectivity index (χ0n) is 20.0. The average molecular weight is 493 g/mol. The first-order valence-electron chi connectivity index (χ1n) is 11.2. The van der Waals surface area contributed by atoms with Crippen molar-refractivity contribution >= 4 is 39.8 Å². The Bertz CT molecular complexity index is 1260. The van der Waals surface area contributed by atoms with Gasteiger partial charge >= 0.3 is 0 Å². The van der Waals surface area contributed by atoms with E-state index in [-0.39, 0.29) is 11.3 Å². The molecule has 2 aromatic heterocycles.